The van der Waals surface area contributed by atoms with Crippen LogP contribution < -0.4 is 5.73 Å². The van der Waals surface area contributed by atoms with Crippen LogP contribution >= 0.6 is 0 Å². The minimum absolute atomic E-state index is 0.0753. The van der Waals surface area contributed by atoms with Crippen LogP contribution in [0.5, 0.6) is 0 Å². The van der Waals surface area contributed by atoms with E-state index in [0.29, 0.717) is 23.5 Å². The Morgan fingerprint density at radius 2 is 1.94 bits per heavy atom. The number of hydrogen-bond donors (Lipinski definition) is 2. The third-order valence-corrected chi connectivity index (χ3v) is 5.16. The smallest absolute Gasteiger partial charge is 0.411 e. The number of hydrogen-bond acceptors (Lipinski definition) is 5. The van der Waals surface area contributed by atoms with Crippen molar-refractivity contribution in [2.75, 3.05) is 12.3 Å². The molecule has 0 bridgehead atoms. The van der Waals surface area contributed by atoms with E-state index in [1.54, 1.807) is 51.2 Å². The average Bonchev–Trinajstić information content (AvgIpc) is 3.07. The van der Waals surface area contributed by atoms with Crippen molar-refractivity contribution >= 4 is 17.7 Å². The SMILES string of the molecule is CC(C)(C)OC(=O)N1CC(=O)c2c([nH]c(-c3ccnc(N)c3)c2Cc2ccc(F)cc2)C1. The summed E-state index contributed by atoms with van der Waals surface area (Å²) in [5.74, 6) is -0.153. The molecule has 0 spiro atoms. The maximum Gasteiger partial charge on any atom is 0.411 e. The van der Waals surface area contributed by atoms with E-state index in [0.717, 1.165) is 22.4 Å². The molecule has 3 heterocycles. The molecule has 0 aliphatic carbocycles. The molecule has 0 radical (unpaired) electrons. The fourth-order valence-electron chi connectivity index (χ4n) is 3.84. The number of amides is 1. The van der Waals surface area contributed by atoms with Gasteiger partial charge in [-0.2, -0.15) is 0 Å². The predicted octanol–water partition coefficient (Wildman–Crippen LogP) is 4.32. The normalized spacial score (nSPS) is 13.8. The van der Waals surface area contributed by atoms with Gasteiger partial charge in [-0.15, -0.1) is 0 Å². The first-order chi connectivity index (χ1) is 15.1. The van der Waals surface area contributed by atoms with Crippen LogP contribution in [0.15, 0.2) is 42.6 Å². The van der Waals surface area contributed by atoms with Crippen LogP contribution in [0.3, 0.4) is 0 Å². The molecule has 0 atom stereocenters. The predicted molar refractivity (Wildman–Crippen MR) is 119 cm³/mol. The summed E-state index contributed by atoms with van der Waals surface area (Å²) in [5.41, 5.74) is 9.56. The molecule has 4 rings (SSSR count). The topological polar surface area (TPSA) is 101 Å². The van der Waals surface area contributed by atoms with E-state index in [1.807, 2.05) is 0 Å². The van der Waals surface area contributed by atoms with Crippen molar-refractivity contribution in [1.82, 2.24) is 14.9 Å². The lowest BCUT2D eigenvalue weighted by molar-refractivity contribution is 0.0218. The van der Waals surface area contributed by atoms with Crippen LogP contribution in [-0.4, -0.2) is 38.9 Å². The van der Waals surface area contributed by atoms with Gasteiger partial charge in [0, 0.05) is 29.4 Å². The Labute approximate surface area is 185 Å². The van der Waals surface area contributed by atoms with Crippen molar-refractivity contribution in [1.29, 1.82) is 0 Å². The second kappa shape index (κ2) is 8.11. The molecule has 2 aromatic heterocycles. The second-order valence-electron chi connectivity index (χ2n) is 8.86. The molecule has 166 valence electrons. The number of aromatic nitrogens is 2. The highest BCUT2D eigenvalue weighted by molar-refractivity contribution is 6.04. The van der Waals surface area contributed by atoms with E-state index in [2.05, 4.69) is 9.97 Å². The van der Waals surface area contributed by atoms with Crippen molar-refractivity contribution in [3.05, 3.63) is 70.8 Å². The van der Waals surface area contributed by atoms with Gasteiger partial charge in [0.25, 0.3) is 0 Å². The molecule has 3 aromatic rings. The van der Waals surface area contributed by atoms with E-state index in [4.69, 9.17) is 10.5 Å². The van der Waals surface area contributed by atoms with Crippen LogP contribution in [0.25, 0.3) is 11.3 Å². The van der Waals surface area contributed by atoms with Crippen molar-refractivity contribution in [3.8, 4) is 11.3 Å². The first-order valence-corrected chi connectivity index (χ1v) is 10.3. The van der Waals surface area contributed by atoms with Crippen LogP contribution in [0.2, 0.25) is 0 Å². The summed E-state index contributed by atoms with van der Waals surface area (Å²) < 4.78 is 18.8. The highest BCUT2D eigenvalue weighted by Gasteiger charge is 2.34. The number of carbonyl (C=O) groups is 2. The van der Waals surface area contributed by atoms with Crippen molar-refractivity contribution < 1.29 is 18.7 Å². The zero-order chi connectivity index (χ0) is 23.0. The van der Waals surface area contributed by atoms with Crippen molar-refractivity contribution in [2.45, 2.75) is 39.3 Å². The standard InChI is InChI=1S/C24H25FN4O3/c1-24(2,3)32-23(31)29-12-18-21(19(30)13-29)17(10-14-4-6-16(25)7-5-14)22(28-18)15-8-9-27-20(26)11-15/h4-9,11,28H,10,12-13H2,1-3H3,(H2,26,27). The maximum absolute atomic E-state index is 13.4. The monoisotopic (exact) mass is 436 g/mol. The lowest BCUT2D eigenvalue weighted by atomic mass is 9.93. The van der Waals surface area contributed by atoms with Gasteiger partial charge in [-0.3, -0.25) is 9.69 Å². The quantitative estimate of drug-likeness (QED) is 0.637. The summed E-state index contributed by atoms with van der Waals surface area (Å²) in [6.07, 6.45) is 1.48. The number of carbonyl (C=O) groups excluding carboxylic acids is 2. The summed E-state index contributed by atoms with van der Waals surface area (Å²) in [6, 6.07) is 9.70. The summed E-state index contributed by atoms with van der Waals surface area (Å²) in [6.45, 7) is 5.48. The molecule has 1 amide bonds. The molecule has 0 fully saturated rings. The summed E-state index contributed by atoms with van der Waals surface area (Å²) in [5, 5.41) is 0. The molecule has 0 saturated heterocycles. The van der Waals surface area contributed by atoms with Gasteiger partial charge < -0.3 is 15.5 Å². The Bertz CT molecular complexity index is 1180. The molecule has 0 unspecified atom stereocenters. The van der Waals surface area contributed by atoms with Gasteiger partial charge in [-0.05, 0) is 56.2 Å². The van der Waals surface area contributed by atoms with Crippen LogP contribution in [0.4, 0.5) is 15.0 Å². The number of benzene rings is 1. The van der Waals surface area contributed by atoms with Crippen molar-refractivity contribution in [2.24, 2.45) is 0 Å². The lowest BCUT2D eigenvalue weighted by Crippen LogP contribution is -2.42. The summed E-state index contributed by atoms with van der Waals surface area (Å²) in [4.78, 5) is 34.5. The van der Waals surface area contributed by atoms with E-state index in [-0.39, 0.29) is 24.7 Å². The molecule has 1 aromatic carbocycles. The van der Waals surface area contributed by atoms with Gasteiger partial charge in [0.15, 0.2) is 5.78 Å². The fourth-order valence-corrected chi connectivity index (χ4v) is 3.84. The molecule has 7 nitrogen and oxygen atoms in total. The number of rotatable bonds is 3. The third kappa shape index (κ3) is 4.49. The highest BCUT2D eigenvalue weighted by Crippen LogP contribution is 2.34. The van der Waals surface area contributed by atoms with Gasteiger partial charge in [0.1, 0.15) is 17.2 Å². The maximum atomic E-state index is 13.4. The minimum atomic E-state index is -0.663. The number of ketones is 1. The molecular weight excluding hydrogens is 411 g/mol. The second-order valence-corrected chi connectivity index (χ2v) is 8.86. The van der Waals surface area contributed by atoms with Gasteiger partial charge in [-0.1, -0.05) is 12.1 Å². The number of aromatic amines is 1. The average molecular weight is 436 g/mol. The van der Waals surface area contributed by atoms with Gasteiger partial charge in [-0.25, -0.2) is 14.2 Å². The number of ether oxygens (including phenoxy) is 1. The lowest BCUT2D eigenvalue weighted by Gasteiger charge is -2.29. The van der Waals surface area contributed by atoms with Gasteiger partial charge in [0.05, 0.1) is 18.8 Å². The Morgan fingerprint density at radius 3 is 2.59 bits per heavy atom. The van der Waals surface area contributed by atoms with E-state index < -0.39 is 11.7 Å². The van der Waals surface area contributed by atoms with Crippen LogP contribution in [0, 0.1) is 5.82 Å². The number of fused-ring (bicyclic) bond motifs is 1. The number of nitrogens with one attached hydrogen (secondary N) is 1. The molecule has 0 saturated carbocycles. The number of anilines is 1. The number of nitrogens with two attached hydrogens (primary N) is 1. The van der Waals surface area contributed by atoms with E-state index >= 15 is 0 Å². The molecule has 8 heteroatoms. The number of nitrogens with zero attached hydrogens (tertiary/aromatic N) is 2. The Hall–Kier alpha value is -3.68. The Morgan fingerprint density at radius 1 is 1.22 bits per heavy atom. The number of H-pyrrole nitrogens is 1. The zero-order valence-electron chi connectivity index (χ0n) is 18.2. The fraction of sp³-hybridized carbons (Fsp3) is 0.292. The number of Topliss-reactive ketones (excluding diaryl/α,β-unsaturated/α-hetero) is 1. The van der Waals surface area contributed by atoms with Gasteiger partial charge in [0.2, 0.25) is 0 Å². The molecule has 1 aliphatic heterocycles. The largest absolute Gasteiger partial charge is 0.444 e. The molecule has 32 heavy (non-hydrogen) atoms. The molecule has 3 N–H and O–H groups in total. The number of pyridine rings is 1. The molecular formula is C24H25FN4O3. The van der Waals surface area contributed by atoms with Crippen LogP contribution in [0.1, 0.15) is 48.0 Å². The van der Waals surface area contributed by atoms with E-state index in [9.17, 15) is 14.0 Å². The third-order valence-electron chi connectivity index (χ3n) is 5.16. The minimum Gasteiger partial charge on any atom is -0.444 e. The van der Waals surface area contributed by atoms with Crippen LogP contribution in [-0.2, 0) is 17.7 Å². The summed E-state index contributed by atoms with van der Waals surface area (Å²) >= 11 is 0. The summed E-state index contributed by atoms with van der Waals surface area (Å²) in [7, 11) is 0. The Kier molecular flexibility index (Phi) is 5.46. The number of nitrogen functional groups attached to an aromatic ring is 1. The first-order valence-electron chi connectivity index (χ1n) is 10.3. The van der Waals surface area contributed by atoms with Crippen molar-refractivity contribution in [3.63, 3.8) is 0 Å². The first kappa shape index (κ1) is 21.5. The van der Waals surface area contributed by atoms with Gasteiger partial charge >= 0.3 is 6.09 Å². The molecule has 1 aliphatic rings. The zero-order valence-corrected chi connectivity index (χ0v) is 18.2. The highest BCUT2D eigenvalue weighted by atomic mass is 19.1. The van der Waals surface area contributed by atoms with E-state index in [1.165, 1.54) is 17.0 Å². The number of halogens is 1. The Balaban J connectivity index is 1.76.